The molecule has 1 aliphatic heterocycles. The van der Waals surface area contributed by atoms with Gasteiger partial charge in [-0.25, -0.2) is 9.59 Å². The standard InChI is InChI=1S/C20H26O6/c1-6-10(2)17(23)26-20(5)12-7-8-19(4)14(15(12)25-18(20)24)11(3)9-13(21)16(19)22/h6,9,12,14-16,22H,7-8H2,1-5H3/b10-6+/t12-,14+,15-,16-,19+,20+/m1/s1. The molecule has 6 atom stereocenters. The van der Waals surface area contributed by atoms with Gasteiger partial charge in [0.15, 0.2) is 5.78 Å². The zero-order valence-corrected chi connectivity index (χ0v) is 15.9. The average molecular weight is 362 g/mol. The van der Waals surface area contributed by atoms with Crippen LogP contribution in [0.4, 0.5) is 0 Å². The minimum atomic E-state index is -1.36. The first kappa shape index (κ1) is 18.8. The van der Waals surface area contributed by atoms with Crippen molar-refractivity contribution in [3.8, 4) is 0 Å². The number of hydrogen-bond acceptors (Lipinski definition) is 6. The molecule has 1 saturated carbocycles. The number of rotatable bonds is 2. The smallest absolute Gasteiger partial charge is 0.351 e. The maximum atomic E-state index is 12.7. The SMILES string of the molecule is C/C=C(\C)C(=O)O[C@]1(C)C(=O)O[C@@H]2[C@H]1CC[C@]1(C)[C@H](O)C(=O)C=C(C)[C@@H]21. The lowest BCUT2D eigenvalue weighted by Gasteiger charge is -2.51. The lowest BCUT2D eigenvalue weighted by Crippen LogP contribution is -2.57. The van der Waals surface area contributed by atoms with Crippen LogP contribution in [0.3, 0.4) is 0 Å². The molecule has 3 aliphatic rings. The highest BCUT2D eigenvalue weighted by Crippen LogP contribution is 2.57. The van der Waals surface area contributed by atoms with Gasteiger partial charge in [-0.3, -0.25) is 4.79 Å². The number of carbonyl (C=O) groups is 3. The van der Waals surface area contributed by atoms with Gasteiger partial charge in [0.1, 0.15) is 12.2 Å². The van der Waals surface area contributed by atoms with E-state index in [1.54, 1.807) is 26.8 Å². The summed E-state index contributed by atoms with van der Waals surface area (Å²) >= 11 is 0. The summed E-state index contributed by atoms with van der Waals surface area (Å²) in [6, 6.07) is 0. The summed E-state index contributed by atoms with van der Waals surface area (Å²) in [6.45, 7) is 8.67. The van der Waals surface area contributed by atoms with Gasteiger partial charge in [-0.05, 0) is 46.6 Å². The molecule has 0 unspecified atom stereocenters. The van der Waals surface area contributed by atoms with E-state index in [1.165, 1.54) is 6.08 Å². The lowest BCUT2D eigenvalue weighted by molar-refractivity contribution is -0.170. The number of ketones is 1. The number of esters is 2. The summed E-state index contributed by atoms with van der Waals surface area (Å²) in [5.41, 5.74) is -0.824. The summed E-state index contributed by atoms with van der Waals surface area (Å²) < 4.78 is 11.3. The summed E-state index contributed by atoms with van der Waals surface area (Å²) in [7, 11) is 0. The molecule has 0 radical (unpaired) electrons. The minimum Gasteiger partial charge on any atom is -0.458 e. The first-order valence-electron chi connectivity index (χ1n) is 9.03. The Bertz CT molecular complexity index is 735. The number of allylic oxidation sites excluding steroid dienone is 1. The van der Waals surface area contributed by atoms with Crippen LogP contribution in [0, 0.1) is 17.3 Å². The number of carbonyl (C=O) groups excluding carboxylic acids is 3. The van der Waals surface area contributed by atoms with Gasteiger partial charge in [0, 0.05) is 22.8 Å². The predicted octanol–water partition coefficient (Wildman–Crippen LogP) is 2.10. The van der Waals surface area contributed by atoms with Crippen LogP contribution in [0.1, 0.15) is 47.5 Å². The molecule has 2 aliphatic carbocycles. The van der Waals surface area contributed by atoms with E-state index >= 15 is 0 Å². The van der Waals surface area contributed by atoms with Crippen LogP contribution in [0.2, 0.25) is 0 Å². The van der Waals surface area contributed by atoms with E-state index in [0.29, 0.717) is 18.4 Å². The van der Waals surface area contributed by atoms with E-state index in [-0.39, 0.29) is 17.6 Å². The maximum absolute atomic E-state index is 12.7. The summed E-state index contributed by atoms with van der Waals surface area (Å²) in [4.78, 5) is 37.0. The van der Waals surface area contributed by atoms with E-state index in [9.17, 15) is 19.5 Å². The molecule has 6 nitrogen and oxygen atoms in total. The van der Waals surface area contributed by atoms with Crippen LogP contribution < -0.4 is 0 Å². The zero-order chi connectivity index (χ0) is 19.4. The third-order valence-corrected chi connectivity index (χ3v) is 6.60. The van der Waals surface area contributed by atoms with Gasteiger partial charge in [-0.2, -0.15) is 0 Å². The Balaban J connectivity index is 1.97. The molecule has 26 heavy (non-hydrogen) atoms. The third-order valence-electron chi connectivity index (χ3n) is 6.60. The highest BCUT2D eigenvalue weighted by atomic mass is 16.6. The molecule has 0 aromatic heterocycles. The lowest BCUT2D eigenvalue weighted by atomic mass is 9.54. The van der Waals surface area contributed by atoms with Crippen molar-refractivity contribution < 1.29 is 29.0 Å². The molecule has 1 saturated heterocycles. The first-order chi connectivity index (χ1) is 12.1. The van der Waals surface area contributed by atoms with Crippen LogP contribution in [-0.4, -0.2) is 40.6 Å². The van der Waals surface area contributed by atoms with Crippen molar-refractivity contribution in [1.82, 2.24) is 0 Å². The van der Waals surface area contributed by atoms with Gasteiger partial charge in [0.05, 0.1) is 0 Å². The molecule has 6 heteroatoms. The Morgan fingerprint density at radius 3 is 2.65 bits per heavy atom. The van der Waals surface area contributed by atoms with Gasteiger partial charge in [0.2, 0.25) is 5.60 Å². The molecule has 2 fully saturated rings. The first-order valence-corrected chi connectivity index (χ1v) is 9.03. The van der Waals surface area contributed by atoms with E-state index < -0.39 is 35.2 Å². The maximum Gasteiger partial charge on any atom is 0.351 e. The van der Waals surface area contributed by atoms with E-state index in [2.05, 4.69) is 0 Å². The Hall–Kier alpha value is -1.95. The van der Waals surface area contributed by atoms with Gasteiger partial charge in [0.25, 0.3) is 0 Å². The molecule has 0 aromatic rings. The second-order valence-electron chi connectivity index (χ2n) is 8.16. The molecule has 142 valence electrons. The fourth-order valence-electron chi connectivity index (χ4n) is 4.84. The Morgan fingerprint density at radius 2 is 2.04 bits per heavy atom. The van der Waals surface area contributed by atoms with Crippen molar-refractivity contribution in [2.75, 3.05) is 0 Å². The van der Waals surface area contributed by atoms with Crippen LogP contribution in [0.5, 0.6) is 0 Å². The second kappa shape index (κ2) is 6.05. The van der Waals surface area contributed by atoms with Gasteiger partial charge >= 0.3 is 11.9 Å². The highest BCUT2D eigenvalue weighted by molar-refractivity contribution is 5.96. The topological polar surface area (TPSA) is 89.9 Å². The minimum absolute atomic E-state index is 0.277. The summed E-state index contributed by atoms with van der Waals surface area (Å²) in [5, 5.41) is 10.5. The van der Waals surface area contributed by atoms with E-state index in [1.807, 2.05) is 13.8 Å². The van der Waals surface area contributed by atoms with Gasteiger partial charge in [-0.1, -0.05) is 18.6 Å². The van der Waals surface area contributed by atoms with Crippen LogP contribution in [0.25, 0.3) is 0 Å². The normalized spacial score (nSPS) is 42.5. The molecule has 3 rings (SSSR count). The van der Waals surface area contributed by atoms with Gasteiger partial charge < -0.3 is 14.6 Å². The molecule has 0 bridgehead atoms. The number of aliphatic hydroxyl groups is 1. The molecular formula is C20H26O6. The number of aliphatic hydroxyl groups excluding tert-OH is 1. The van der Waals surface area contributed by atoms with Crippen molar-refractivity contribution >= 4 is 17.7 Å². The van der Waals surface area contributed by atoms with Crippen LogP contribution in [0.15, 0.2) is 23.3 Å². The van der Waals surface area contributed by atoms with Crippen molar-refractivity contribution in [3.63, 3.8) is 0 Å². The van der Waals surface area contributed by atoms with E-state index in [0.717, 1.165) is 5.57 Å². The van der Waals surface area contributed by atoms with E-state index in [4.69, 9.17) is 9.47 Å². The highest BCUT2D eigenvalue weighted by Gasteiger charge is 2.66. The molecular weight excluding hydrogens is 336 g/mol. The zero-order valence-electron chi connectivity index (χ0n) is 15.9. The van der Waals surface area contributed by atoms with Crippen LogP contribution in [-0.2, 0) is 23.9 Å². The quantitative estimate of drug-likeness (QED) is 0.598. The Kier molecular flexibility index (Phi) is 4.38. The fraction of sp³-hybridized carbons (Fsp3) is 0.650. The Morgan fingerprint density at radius 1 is 1.38 bits per heavy atom. The van der Waals surface area contributed by atoms with Crippen molar-refractivity contribution in [2.24, 2.45) is 17.3 Å². The second-order valence-corrected chi connectivity index (χ2v) is 8.16. The fourth-order valence-corrected chi connectivity index (χ4v) is 4.84. The molecule has 1 heterocycles. The van der Waals surface area contributed by atoms with Gasteiger partial charge in [-0.15, -0.1) is 0 Å². The van der Waals surface area contributed by atoms with Crippen LogP contribution >= 0.6 is 0 Å². The summed E-state index contributed by atoms with van der Waals surface area (Å²) in [6.07, 6.45) is 2.51. The third kappa shape index (κ3) is 2.46. The average Bonchev–Trinajstić information content (AvgIpc) is 2.82. The number of ether oxygens (including phenoxy) is 2. The molecule has 1 N–H and O–H groups in total. The van der Waals surface area contributed by atoms with Crippen molar-refractivity contribution in [3.05, 3.63) is 23.3 Å². The molecule has 0 amide bonds. The Labute approximate surface area is 153 Å². The number of hydrogen-bond donors (Lipinski definition) is 1. The molecule has 0 spiro atoms. The monoisotopic (exact) mass is 362 g/mol. The van der Waals surface area contributed by atoms with Crippen molar-refractivity contribution in [1.29, 1.82) is 0 Å². The largest absolute Gasteiger partial charge is 0.458 e. The van der Waals surface area contributed by atoms with Crippen molar-refractivity contribution in [2.45, 2.75) is 65.3 Å². The number of fused-ring (bicyclic) bond motifs is 3. The molecule has 0 aromatic carbocycles. The summed E-state index contributed by atoms with van der Waals surface area (Å²) in [5.74, 6) is -1.99. The predicted molar refractivity (Wildman–Crippen MR) is 92.9 cm³/mol.